The number of rotatable bonds is 2. The molecule has 0 aliphatic rings. The van der Waals surface area contributed by atoms with Crippen molar-refractivity contribution in [3.8, 4) is 0 Å². The highest BCUT2D eigenvalue weighted by molar-refractivity contribution is 5.91. The van der Waals surface area contributed by atoms with E-state index in [4.69, 9.17) is 5.73 Å². The van der Waals surface area contributed by atoms with E-state index in [2.05, 4.69) is 10.3 Å². The Morgan fingerprint density at radius 2 is 2.14 bits per heavy atom. The van der Waals surface area contributed by atoms with Crippen LogP contribution >= 0.6 is 0 Å². The molecule has 1 aromatic heterocycles. The van der Waals surface area contributed by atoms with Gasteiger partial charge in [0, 0.05) is 0 Å². The molecular formula is C6H7F3N4O. The maximum atomic E-state index is 11.9. The molecule has 1 rings (SSSR count). The largest absolute Gasteiger partial charge is 0.408 e. The highest BCUT2D eigenvalue weighted by atomic mass is 19.4. The third-order valence-electron chi connectivity index (χ3n) is 1.55. The number of nitrogens with zero attached hydrogens (tertiary/aromatic N) is 3. The molecule has 1 aromatic rings. The monoisotopic (exact) mass is 208 g/mol. The summed E-state index contributed by atoms with van der Waals surface area (Å²) in [4.78, 5) is 10.6. The molecule has 0 fully saturated rings. The lowest BCUT2D eigenvalue weighted by molar-refractivity contribution is -0.143. The van der Waals surface area contributed by atoms with Crippen molar-refractivity contribution >= 4 is 5.91 Å². The lowest BCUT2D eigenvalue weighted by atomic mass is 10.3. The Bertz CT molecular complexity index is 356. The van der Waals surface area contributed by atoms with Crippen molar-refractivity contribution < 1.29 is 18.0 Å². The first kappa shape index (κ1) is 10.5. The third-order valence-corrected chi connectivity index (χ3v) is 1.55. The summed E-state index contributed by atoms with van der Waals surface area (Å²) >= 11 is 0. The van der Waals surface area contributed by atoms with Crippen LogP contribution in [0.15, 0.2) is 0 Å². The summed E-state index contributed by atoms with van der Waals surface area (Å²) in [5.41, 5.74) is 4.62. The van der Waals surface area contributed by atoms with Crippen LogP contribution < -0.4 is 5.73 Å². The maximum absolute atomic E-state index is 11.9. The number of alkyl halides is 3. The molecule has 0 aliphatic carbocycles. The van der Waals surface area contributed by atoms with Crippen molar-refractivity contribution in [2.24, 2.45) is 5.73 Å². The summed E-state index contributed by atoms with van der Waals surface area (Å²) in [5.74, 6) is -0.893. The normalized spacial score (nSPS) is 11.7. The average Bonchev–Trinajstić information content (AvgIpc) is 2.29. The third kappa shape index (κ3) is 2.21. The molecule has 8 heteroatoms. The van der Waals surface area contributed by atoms with Crippen molar-refractivity contribution in [3.05, 3.63) is 11.4 Å². The second-order valence-electron chi connectivity index (χ2n) is 2.66. The van der Waals surface area contributed by atoms with E-state index in [1.54, 1.807) is 0 Å². The summed E-state index contributed by atoms with van der Waals surface area (Å²) in [7, 11) is 0. The van der Waals surface area contributed by atoms with Gasteiger partial charge in [-0.25, -0.2) is 4.68 Å². The first-order valence-electron chi connectivity index (χ1n) is 3.58. The van der Waals surface area contributed by atoms with Crippen molar-refractivity contribution in [1.82, 2.24) is 15.0 Å². The molecule has 14 heavy (non-hydrogen) atoms. The number of carbonyl (C=O) groups is 1. The van der Waals surface area contributed by atoms with Crippen LogP contribution in [0.4, 0.5) is 13.2 Å². The molecule has 5 nitrogen and oxygen atoms in total. The standard InChI is InChI=1S/C6H7F3N4O/c1-3-4(5(10)14)11-12-13(3)2-6(7,8)9/h2H2,1H3,(H2,10,14). The molecule has 78 valence electrons. The minimum absolute atomic E-state index is 0.00910. The lowest BCUT2D eigenvalue weighted by Crippen LogP contribution is -2.20. The number of primary amides is 1. The van der Waals surface area contributed by atoms with Crippen LogP contribution in [0.1, 0.15) is 16.2 Å². The highest BCUT2D eigenvalue weighted by Gasteiger charge is 2.30. The van der Waals surface area contributed by atoms with Gasteiger partial charge in [0.1, 0.15) is 6.54 Å². The van der Waals surface area contributed by atoms with E-state index < -0.39 is 18.6 Å². The molecule has 0 unspecified atom stereocenters. The molecule has 2 N–H and O–H groups in total. The number of hydrogen-bond acceptors (Lipinski definition) is 3. The molecule has 0 atom stereocenters. The molecule has 0 saturated heterocycles. The Kier molecular flexibility index (Phi) is 2.45. The summed E-state index contributed by atoms with van der Waals surface area (Å²) in [6, 6.07) is 0. The SMILES string of the molecule is Cc1c(C(N)=O)nnn1CC(F)(F)F. The van der Waals surface area contributed by atoms with E-state index in [0.29, 0.717) is 4.68 Å². The Morgan fingerprint density at radius 1 is 1.57 bits per heavy atom. The number of amides is 1. The molecule has 0 radical (unpaired) electrons. The zero-order chi connectivity index (χ0) is 10.9. The van der Waals surface area contributed by atoms with Crippen LogP contribution in [0.25, 0.3) is 0 Å². The van der Waals surface area contributed by atoms with Gasteiger partial charge in [-0.2, -0.15) is 13.2 Å². The van der Waals surface area contributed by atoms with E-state index in [-0.39, 0.29) is 11.4 Å². The van der Waals surface area contributed by atoms with Crippen LogP contribution in [-0.2, 0) is 6.54 Å². The van der Waals surface area contributed by atoms with E-state index in [9.17, 15) is 18.0 Å². The van der Waals surface area contributed by atoms with Crippen molar-refractivity contribution in [2.45, 2.75) is 19.6 Å². The smallest absolute Gasteiger partial charge is 0.364 e. The summed E-state index contributed by atoms with van der Waals surface area (Å²) in [6.07, 6.45) is -4.40. The van der Waals surface area contributed by atoms with Gasteiger partial charge in [-0.1, -0.05) is 5.21 Å². The minimum Gasteiger partial charge on any atom is -0.364 e. The average molecular weight is 208 g/mol. The minimum atomic E-state index is -4.40. The van der Waals surface area contributed by atoms with Gasteiger partial charge in [-0.3, -0.25) is 4.79 Å². The second-order valence-corrected chi connectivity index (χ2v) is 2.66. The van der Waals surface area contributed by atoms with E-state index >= 15 is 0 Å². The Balaban J connectivity index is 2.96. The lowest BCUT2D eigenvalue weighted by Gasteiger charge is -2.06. The van der Waals surface area contributed by atoms with E-state index in [0.717, 1.165) is 0 Å². The van der Waals surface area contributed by atoms with Gasteiger partial charge >= 0.3 is 6.18 Å². The topological polar surface area (TPSA) is 73.8 Å². The molecule has 0 aromatic carbocycles. The van der Waals surface area contributed by atoms with Crippen LogP contribution in [0, 0.1) is 6.92 Å². The molecule has 0 spiro atoms. The predicted molar refractivity (Wildman–Crippen MR) is 39.3 cm³/mol. The van der Waals surface area contributed by atoms with Crippen LogP contribution in [0.2, 0.25) is 0 Å². The Labute approximate surface area is 76.7 Å². The summed E-state index contributed by atoms with van der Waals surface area (Å²) in [6.45, 7) is 0.0188. The first-order chi connectivity index (χ1) is 6.31. The maximum Gasteiger partial charge on any atom is 0.408 e. The van der Waals surface area contributed by atoms with Gasteiger partial charge in [-0.15, -0.1) is 5.10 Å². The van der Waals surface area contributed by atoms with Crippen molar-refractivity contribution in [2.75, 3.05) is 0 Å². The van der Waals surface area contributed by atoms with Gasteiger partial charge in [-0.05, 0) is 6.92 Å². The molecule has 0 bridgehead atoms. The first-order valence-corrected chi connectivity index (χ1v) is 3.58. The van der Waals surface area contributed by atoms with Crippen LogP contribution in [-0.4, -0.2) is 27.1 Å². The number of aromatic nitrogens is 3. The van der Waals surface area contributed by atoms with Gasteiger partial charge in [0.2, 0.25) is 0 Å². The zero-order valence-corrected chi connectivity index (χ0v) is 7.17. The predicted octanol–water partition coefficient (Wildman–Crippen LogP) is 0.248. The number of carbonyl (C=O) groups excluding carboxylic acids is 1. The molecule has 1 heterocycles. The van der Waals surface area contributed by atoms with Gasteiger partial charge in [0.25, 0.3) is 5.91 Å². The van der Waals surface area contributed by atoms with Gasteiger partial charge in [0.05, 0.1) is 5.69 Å². The quantitative estimate of drug-likeness (QED) is 0.756. The zero-order valence-electron chi connectivity index (χ0n) is 7.17. The Morgan fingerprint density at radius 3 is 2.50 bits per heavy atom. The van der Waals surface area contributed by atoms with Crippen LogP contribution in [0.5, 0.6) is 0 Å². The molecule has 0 saturated carbocycles. The fraction of sp³-hybridized carbons (Fsp3) is 0.500. The van der Waals surface area contributed by atoms with Crippen molar-refractivity contribution in [1.29, 1.82) is 0 Å². The fourth-order valence-electron chi connectivity index (χ4n) is 0.908. The fourth-order valence-corrected chi connectivity index (χ4v) is 0.908. The van der Waals surface area contributed by atoms with Crippen molar-refractivity contribution in [3.63, 3.8) is 0 Å². The highest BCUT2D eigenvalue weighted by Crippen LogP contribution is 2.18. The number of halogens is 3. The van der Waals surface area contributed by atoms with E-state index in [1.807, 2.05) is 0 Å². The van der Waals surface area contributed by atoms with Gasteiger partial charge < -0.3 is 5.73 Å². The number of hydrogen-bond donors (Lipinski definition) is 1. The molecular weight excluding hydrogens is 201 g/mol. The van der Waals surface area contributed by atoms with Crippen LogP contribution in [0.3, 0.4) is 0 Å². The summed E-state index contributed by atoms with van der Waals surface area (Å²) in [5, 5.41) is 6.41. The summed E-state index contributed by atoms with van der Waals surface area (Å²) < 4.78 is 36.4. The van der Waals surface area contributed by atoms with Gasteiger partial charge in [0.15, 0.2) is 5.69 Å². The molecule has 1 amide bonds. The molecule has 0 aliphatic heterocycles. The van der Waals surface area contributed by atoms with E-state index in [1.165, 1.54) is 6.92 Å². The Hall–Kier alpha value is -1.60. The second kappa shape index (κ2) is 3.28. The number of nitrogens with two attached hydrogens (primary N) is 1.